The maximum atomic E-state index is 12.1. The molecule has 1 heterocycles. The molecule has 2 aromatic carbocycles. The predicted molar refractivity (Wildman–Crippen MR) is 101 cm³/mol. The first-order valence-corrected chi connectivity index (χ1v) is 8.83. The van der Waals surface area contributed by atoms with E-state index in [1.807, 2.05) is 42.5 Å². The zero-order valence-corrected chi connectivity index (χ0v) is 14.8. The maximum absolute atomic E-state index is 12.1. The molecule has 0 unspecified atom stereocenters. The number of nitrogens with one attached hydrogen (secondary N) is 1. The Hall–Kier alpha value is -1.82. The van der Waals surface area contributed by atoms with Crippen LogP contribution in [0.25, 0.3) is 0 Å². The summed E-state index contributed by atoms with van der Waals surface area (Å²) in [5.41, 5.74) is 1.71. The second-order valence-electron chi connectivity index (χ2n) is 5.06. The summed E-state index contributed by atoms with van der Waals surface area (Å²) in [5.74, 6) is -0.0911. The average Bonchev–Trinajstić information content (AvgIpc) is 2.91. The molecule has 1 aliphatic rings. The number of nitrogens with zero attached hydrogens (tertiary/aromatic N) is 2. The second kappa shape index (κ2) is 7.83. The van der Waals surface area contributed by atoms with Crippen molar-refractivity contribution in [3.8, 4) is 0 Å². The van der Waals surface area contributed by atoms with Crippen molar-refractivity contribution in [1.82, 2.24) is 5.32 Å². The molecule has 4 nitrogen and oxygen atoms in total. The summed E-state index contributed by atoms with van der Waals surface area (Å²) in [6.45, 7) is 0. The van der Waals surface area contributed by atoms with Gasteiger partial charge in [-0.25, -0.2) is 0 Å². The van der Waals surface area contributed by atoms with Gasteiger partial charge in [-0.05, 0) is 24.1 Å². The highest BCUT2D eigenvalue weighted by Crippen LogP contribution is 2.26. The van der Waals surface area contributed by atoms with Crippen molar-refractivity contribution in [1.29, 1.82) is 0 Å². The lowest BCUT2D eigenvalue weighted by Crippen LogP contribution is -2.26. The number of amidine groups is 1. The largest absolute Gasteiger partial charge is 0.303 e. The van der Waals surface area contributed by atoms with Gasteiger partial charge in [-0.3, -0.25) is 4.79 Å². The number of benzene rings is 2. The van der Waals surface area contributed by atoms with Crippen molar-refractivity contribution >= 4 is 52.3 Å². The summed E-state index contributed by atoms with van der Waals surface area (Å²) in [6.07, 6.45) is 2.10. The van der Waals surface area contributed by atoms with Crippen LogP contribution in [0.2, 0.25) is 10.0 Å². The number of thioether (sulfide) groups is 1. The Bertz CT molecular complexity index is 823. The van der Waals surface area contributed by atoms with Crippen LogP contribution in [0.3, 0.4) is 0 Å². The van der Waals surface area contributed by atoms with Crippen molar-refractivity contribution in [3.05, 3.63) is 69.7 Å². The van der Waals surface area contributed by atoms with Crippen molar-refractivity contribution < 1.29 is 4.79 Å². The topological polar surface area (TPSA) is 53.8 Å². The summed E-state index contributed by atoms with van der Waals surface area (Å²) in [7, 11) is 0. The Morgan fingerprint density at radius 3 is 2.54 bits per heavy atom. The lowest BCUT2D eigenvalue weighted by Gasteiger charge is -2.06. The van der Waals surface area contributed by atoms with E-state index in [9.17, 15) is 4.79 Å². The van der Waals surface area contributed by atoms with E-state index in [4.69, 9.17) is 23.2 Å². The summed E-state index contributed by atoms with van der Waals surface area (Å²) in [5, 5.41) is 12.2. The monoisotopic (exact) mass is 377 g/mol. The van der Waals surface area contributed by atoms with E-state index in [0.29, 0.717) is 21.6 Å². The third kappa shape index (κ3) is 4.17. The number of hydrogen-bond acceptors (Lipinski definition) is 4. The standard InChI is InChI=1S/C17H13Cl2N3OS/c18-13-7-3-1-5-11(13)9-15-16(23)21-17(24-15)22-20-10-12-6-2-4-8-14(12)19/h1-8,10,15H,9H2,(H,21,22,23)/t15-/m1/s1. The molecule has 0 aliphatic carbocycles. The van der Waals surface area contributed by atoms with Gasteiger partial charge in [-0.15, -0.1) is 5.10 Å². The Labute approximate surface area is 154 Å². The van der Waals surface area contributed by atoms with Crippen molar-refractivity contribution in [2.75, 3.05) is 0 Å². The number of rotatable bonds is 4. The number of carbonyl (C=O) groups is 1. The van der Waals surface area contributed by atoms with E-state index < -0.39 is 0 Å². The zero-order chi connectivity index (χ0) is 16.9. The molecule has 3 rings (SSSR count). The summed E-state index contributed by atoms with van der Waals surface area (Å²) < 4.78 is 0. The van der Waals surface area contributed by atoms with Gasteiger partial charge in [0.05, 0.1) is 11.5 Å². The molecule has 1 amide bonds. The zero-order valence-electron chi connectivity index (χ0n) is 12.4. The first kappa shape index (κ1) is 17.0. The third-order valence-electron chi connectivity index (χ3n) is 3.39. The highest BCUT2D eigenvalue weighted by atomic mass is 35.5. The highest BCUT2D eigenvalue weighted by molar-refractivity contribution is 8.15. The van der Waals surface area contributed by atoms with Crippen LogP contribution in [-0.2, 0) is 11.2 Å². The van der Waals surface area contributed by atoms with E-state index in [1.54, 1.807) is 12.3 Å². The minimum atomic E-state index is -0.265. The van der Waals surface area contributed by atoms with Crippen molar-refractivity contribution in [3.63, 3.8) is 0 Å². The molecule has 1 fully saturated rings. The number of amides is 1. The van der Waals surface area contributed by atoms with Gasteiger partial charge in [0.1, 0.15) is 0 Å². The lowest BCUT2D eigenvalue weighted by molar-refractivity contribution is -0.118. The first-order valence-electron chi connectivity index (χ1n) is 7.20. The fraction of sp³-hybridized carbons (Fsp3) is 0.118. The molecule has 1 aliphatic heterocycles. The van der Waals surface area contributed by atoms with Crippen LogP contribution in [0.4, 0.5) is 0 Å². The number of carbonyl (C=O) groups excluding carboxylic acids is 1. The molecule has 0 aromatic heterocycles. The average molecular weight is 378 g/mol. The highest BCUT2D eigenvalue weighted by Gasteiger charge is 2.30. The molecule has 1 saturated heterocycles. The molecular formula is C17H13Cl2N3OS. The molecular weight excluding hydrogens is 365 g/mol. The molecule has 1 N–H and O–H groups in total. The van der Waals surface area contributed by atoms with Gasteiger partial charge in [0.25, 0.3) is 0 Å². The van der Waals surface area contributed by atoms with Gasteiger partial charge < -0.3 is 5.32 Å². The predicted octanol–water partition coefficient (Wildman–Crippen LogP) is 4.16. The Morgan fingerprint density at radius 1 is 1.08 bits per heavy atom. The number of hydrogen-bond donors (Lipinski definition) is 1. The fourth-order valence-corrected chi connectivity index (χ4v) is 3.52. The molecule has 0 spiro atoms. The summed E-state index contributed by atoms with van der Waals surface area (Å²) >= 11 is 13.5. The van der Waals surface area contributed by atoms with Gasteiger partial charge in [0.15, 0.2) is 5.17 Å². The van der Waals surface area contributed by atoms with Crippen LogP contribution in [0, 0.1) is 0 Å². The van der Waals surface area contributed by atoms with E-state index in [0.717, 1.165) is 11.1 Å². The van der Waals surface area contributed by atoms with Crippen LogP contribution in [0.15, 0.2) is 58.7 Å². The van der Waals surface area contributed by atoms with Crippen LogP contribution >= 0.6 is 35.0 Å². The Morgan fingerprint density at radius 2 is 1.79 bits per heavy atom. The van der Waals surface area contributed by atoms with Crippen LogP contribution in [0.5, 0.6) is 0 Å². The fourth-order valence-electron chi connectivity index (χ4n) is 2.17. The molecule has 24 heavy (non-hydrogen) atoms. The van der Waals surface area contributed by atoms with Gasteiger partial charge in [0.2, 0.25) is 5.91 Å². The maximum Gasteiger partial charge on any atom is 0.239 e. The normalized spacial score (nSPS) is 19.2. The molecule has 0 bridgehead atoms. The van der Waals surface area contributed by atoms with E-state index in [2.05, 4.69) is 15.5 Å². The lowest BCUT2D eigenvalue weighted by atomic mass is 10.1. The molecule has 1 atom stereocenters. The summed E-state index contributed by atoms with van der Waals surface area (Å²) in [6, 6.07) is 14.8. The van der Waals surface area contributed by atoms with E-state index in [-0.39, 0.29) is 11.2 Å². The van der Waals surface area contributed by atoms with Crippen molar-refractivity contribution in [2.24, 2.45) is 10.2 Å². The minimum absolute atomic E-state index is 0.0911. The van der Waals surface area contributed by atoms with E-state index in [1.165, 1.54) is 11.8 Å². The molecule has 7 heteroatoms. The molecule has 2 aromatic rings. The smallest absolute Gasteiger partial charge is 0.239 e. The van der Waals surface area contributed by atoms with Crippen LogP contribution in [-0.4, -0.2) is 22.5 Å². The SMILES string of the molecule is O=C1N/C(=N\N=Cc2ccccc2Cl)S[C@@H]1Cc1ccccc1Cl. The minimum Gasteiger partial charge on any atom is -0.303 e. The van der Waals surface area contributed by atoms with Crippen LogP contribution < -0.4 is 5.32 Å². The first-order chi connectivity index (χ1) is 11.6. The molecule has 122 valence electrons. The van der Waals surface area contributed by atoms with Gasteiger partial charge in [-0.2, -0.15) is 5.10 Å². The number of halogens is 2. The van der Waals surface area contributed by atoms with Crippen LogP contribution in [0.1, 0.15) is 11.1 Å². The third-order valence-corrected chi connectivity index (χ3v) is 5.18. The Kier molecular flexibility index (Phi) is 5.56. The van der Waals surface area contributed by atoms with Crippen molar-refractivity contribution in [2.45, 2.75) is 11.7 Å². The quantitative estimate of drug-likeness (QED) is 0.642. The molecule has 0 saturated carbocycles. The summed E-state index contributed by atoms with van der Waals surface area (Å²) in [4.78, 5) is 12.1. The van der Waals surface area contributed by atoms with Gasteiger partial charge >= 0.3 is 0 Å². The Balaban J connectivity index is 1.66. The second-order valence-corrected chi connectivity index (χ2v) is 7.07. The molecule has 0 radical (unpaired) electrons. The van der Waals surface area contributed by atoms with Gasteiger partial charge in [-0.1, -0.05) is 71.4 Å². The van der Waals surface area contributed by atoms with Gasteiger partial charge in [0, 0.05) is 15.6 Å². The van der Waals surface area contributed by atoms with E-state index >= 15 is 0 Å².